The normalized spacial score (nSPS) is 10.4. The maximum atomic E-state index is 7.59. The number of rotatable bonds is 1. The summed E-state index contributed by atoms with van der Waals surface area (Å²) in [5, 5.41) is 4.16. The van der Waals surface area contributed by atoms with Crippen LogP contribution < -0.4 is 0 Å². The molecule has 0 amide bonds. The monoisotopic (exact) mass is 304 g/mol. The molecule has 0 aromatic heterocycles. The van der Waals surface area contributed by atoms with Gasteiger partial charge in [-0.3, -0.25) is 0 Å². The van der Waals surface area contributed by atoms with E-state index in [-0.39, 0.29) is 0 Å². The smallest absolute Gasteiger partial charge is 0.194 e. The maximum absolute atomic E-state index is 7.59. The Hall–Kier alpha value is -3.62. The van der Waals surface area contributed by atoms with Gasteiger partial charge in [0.1, 0.15) is 0 Å². The lowest BCUT2D eigenvalue weighted by atomic mass is 9.91. The fraction of sp³-hybridized carbons (Fsp3) is 0. The van der Waals surface area contributed by atoms with Crippen molar-refractivity contribution >= 4 is 32.9 Å². The third kappa shape index (κ3) is 2.02. The largest absolute Gasteiger partial charge is 0.238 e. The van der Waals surface area contributed by atoms with Crippen LogP contribution >= 0.6 is 0 Å². The highest BCUT2D eigenvalue weighted by atomic mass is 14.7. The molecule has 0 atom stereocenters. The molecule has 0 heterocycles. The van der Waals surface area contributed by atoms with Crippen LogP contribution in [0.5, 0.6) is 0 Å². The third-order valence-corrected chi connectivity index (χ3v) is 4.30. The zero-order valence-electron chi connectivity index (χ0n) is 12.8. The molecule has 4 aromatic carbocycles. The van der Waals surface area contributed by atoms with Crippen molar-refractivity contribution < 1.29 is 0 Å². The topological polar surface area (TPSA) is 8.72 Å². The van der Waals surface area contributed by atoms with Crippen LogP contribution in [-0.4, -0.2) is 0 Å². The first kappa shape index (κ1) is 14.0. The van der Waals surface area contributed by atoms with Crippen LogP contribution in [0.25, 0.3) is 42.4 Å². The predicted octanol–water partition coefficient (Wildman–Crippen LogP) is 6.76. The van der Waals surface area contributed by atoms with Crippen molar-refractivity contribution in [3.8, 4) is 11.1 Å². The number of hydrogen-bond donors (Lipinski definition) is 0. The average Bonchev–Trinajstić information content (AvgIpc) is 2.66. The van der Waals surface area contributed by atoms with Gasteiger partial charge < -0.3 is 0 Å². The van der Waals surface area contributed by atoms with Gasteiger partial charge in [-0.1, -0.05) is 72.8 Å². The van der Waals surface area contributed by atoms with Crippen LogP contribution in [0.1, 0.15) is 0 Å². The Morgan fingerprint density at radius 2 is 0.917 bits per heavy atom. The van der Waals surface area contributed by atoms with Gasteiger partial charge in [-0.2, -0.15) is 0 Å². The molecule has 0 N–H and O–H groups in total. The predicted molar refractivity (Wildman–Crippen MR) is 99.4 cm³/mol. The van der Waals surface area contributed by atoms with Crippen LogP contribution in [0.3, 0.4) is 0 Å². The molecule has 0 aliphatic heterocycles. The second kappa shape index (κ2) is 5.54. The molecule has 0 spiro atoms. The lowest BCUT2D eigenvalue weighted by Gasteiger charge is -2.14. The Bertz CT molecular complexity index is 1080. The van der Waals surface area contributed by atoms with E-state index in [9.17, 15) is 0 Å². The van der Waals surface area contributed by atoms with Gasteiger partial charge in [-0.15, -0.1) is 0 Å². The average molecular weight is 304 g/mol. The first-order valence-corrected chi connectivity index (χ1v) is 7.62. The zero-order chi connectivity index (χ0) is 16.5. The molecule has 0 aliphatic rings. The lowest BCUT2D eigenvalue weighted by Crippen LogP contribution is -1.86. The lowest BCUT2D eigenvalue weighted by molar-refractivity contribution is 1.69. The second-order valence-electron chi connectivity index (χ2n) is 5.59. The molecule has 0 unspecified atom stereocenters. The van der Waals surface area contributed by atoms with Crippen molar-refractivity contribution in [2.45, 2.75) is 0 Å². The minimum Gasteiger partial charge on any atom is -0.238 e. The van der Waals surface area contributed by atoms with Gasteiger partial charge in [0.05, 0.1) is 13.1 Å². The molecule has 0 aliphatic carbocycles. The molecule has 2 nitrogen and oxygen atoms in total. The fourth-order valence-electron chi connectivity index (χ4n) is 3.23. The highest BCUT2D eigenvalue weighted by Crippen LogP contribution is 2.45. The van der Waals surface area contributed by atoms with Gasteiger partial charge >= 0.3 is 0 Å². The van der Waals surface area contributed by atoms with Crippen LogP contribution in [0.2, 0.25) is 0 Å². The Kier molecular flexibility index (Phi) is 3.23. The van der Waals surface area contributed by atoms with Crippen molar-refractivity contribution in [2.75, 3.05) is 0 Å². The summed E-state index contributed by atoms with van der Waals surface area (Å²) in [4.78, 5) is 7.45. The van der Waals surface area contributed by atoms with Gasteiger partial charge in [-0.05, 0) is 32.7 Å². The van der Waals surface area contributed by atoms with Crippen molar-refractivity contribution in [3.63, 3.8) is 0 Å². The highest BCUT2D eigenvalue weighted by Gasteiger charge is 2.16. The molecule has 0 bridgehead atoms. The summed E-state index contributed by atoms with van der Waals surface area (Å²) in [7, 11) is 0. The van der Waals surface area contributed by atoms with E-state index in [2.05, 4.69) is 9.69 Å². The van der Waals surface area contributed by atoms with Gasteiger partial charge in [0.2, 0.25) is 0 Å². The van der Waals surface area contributed by atoms with E-state index >= 15 is 0 Å². The molecule has 110 valence electrons. The molecular weight excluding hydrogens is 292 g/mol. The summed E-state index contributed by atoms with van der Waals surface area (Å²) in [6, 6.07) is 23.7. The van der Waals surface area contributed by atoms with E-state index in [4.69, 9.17) is 13.1 Å². The number of benzene rings is 4. The Labute approximate surface area is 140 Å². The van der Waals surface area contributed by atoms with E-state index in [0.717, 1.165) is 32.7 Å². The molecule has 0 fully saturated rings. The summed E-state index contributed by atoms with van der Waals surface area (Å²) < 4.78 is 0. The minimum absolute atomic E-state index is 0.579. The molecule has 24 heavy (non-hydrogen) atoms. The standard InChI is InChI=1S/C22H12N2/c1-23-19-13-11-15-7-3-5-9-17(15)21(19)22-18-10-6-4-8-16(18)12-14-20(22)24-2/h3-14H. The Morgan fingerprint density at radius 3 is 1.33 bits per heavy atom. The SMILES string of the molecule is [C-]#[N+]c1ccc2ccccc2c1-c1c([N+]#[C-])ccc2ccccc12. The zero-order valence-corrected chi connectivity index (χ0v) is 12.8. The van der Waals surface area contributed by atoms with Gasteiger partial charge in [0, 0.05) is 0 Å². The van der Waals surface area contributed by atoms with Crippen molar-refractivity contribution in [3.05, 3.63) is 95.6 Å². The molecular formula is C22H12N2. The van der Waals surface area contributed by atoms with E-state index in [1.54, 1.807) is 0 Å². The van der Waals surface area contributed by atoms with E-state index in [1.807, 2.05) is 72.8 Å². The van der Waals surface area contributed by atoms with Crippen molar-refractivity contribution in [1.82, 2.24) is 0 Å². The highest BCUT2D eigenvalue weighted by molar-refractivity contribution is 6.13. The summed E-state index contributed by atoms with van der Waals surface area (Å²) in [6.07, 6.45) is 0. The molecule has 4 rings (SSSR count). The quantitative estimate of drug-likeness (QED) is 0.343. The first-order chi connectivity index (χ1) is 11.8. The van der Waals surface area contributed by atoms with Crippen LogP contribution in [0, 0.1) is 13.1 Å². The number of hydrogen-bond acceptors (Lipinski definition) is 0. The van der Waals surface area contributed by atoms with E-state index in [0.29, 0.717) is 11.4 Å². The molecule has 0 radical (unpaired) electrons. The fourth-order valence-corrected chi connectivity index (χ4v) is 3.23. The van der Waals surface area contributed by atoms with E-state index in [1.165, 1.54) is 0 Å². The van der Waals surface area contributed by atoms with Crippen molar-refractivity contribution in [2.24, 2.45) is 0 Å². The molecule has 0 saturated carbocycles. The summed E-state index contributed by atoms with van der Waals surface area (Å²) in [5.74, 6) is 0. The Balaban J connectivity index is 2.26. The van der Waals surface area contributed by atoms with Crippen LogP contribution in [0.15, 0.2) is 72.8 Å². The number of fused-ring (bicyclic) bond motifs is 2. The van der Waals surface area contributed by atoms with Crippen molar-refractivity contribution in [1.29, 1.82) is 0 Å². The molecule has 4 aromatic rings. The maximum Gasteiger partial charge on any atom is 0.194 e. The second-order valence-corrected chi connectivity index (χ2v) is 5.59. The number of nitrogens with zero attached hydrogens (tertiary/aromatic N) is 2. The van der Waals surface area contributed by atoms with Crippen LogP contribution in [0.4, 0.5) is 11.4 Å². The summed E-state index contributed by atoms with van der Waals surface area (Å²) >= 11 is 0. The molecule has 0 saturated heterocycles. The third-order valence-electron chi connectivity index (χ3n) is 4.30. The van der Waals surface area contributed by atoms with Gasteiger partial charge in [0.15, 0.2) is 11.4 Å². The first-order valence-electron chi connectivity index (χ1n) is 7.62. The summed E-state index contributed by atoms with van der Waals surface area (Å²) in [6.45, 7) is 15.2. The Morgan fingerprint density at radius 1 is 0.500 bits per heavy atom. The van der Waals surface area contributed by atoms with E-state index < -0.39 is 0 Å². The van der Waals surface area contributed by atoms with Crippen LogP contribution in [-0.2, 0) is 0 Å². The molecule has 2 heteroatoms. The minimum atomic E-state index is 0.579. The van der Waals surface area contributed by atoms with Gasteiger partial charge in [-0.25, -0.2) is 9.69 Å². The summed E-state index contributed by atoms with van der Waals surface area (Å²) in [5.41, 5.74) is 2.86. The van der Waals surface area contributed by atoms with Gasteiger partial charge in [0.25, 0.3) is 0 Å².